The first-order chi connectivity index (χ1) is 14.0. The molecule has 2 N–H and O–H groups in total. The first-order valence-electron chi connectivity index (χ1n) is 8.71. The van der Waals surface area contributed by atoms with Crippen LogP contribution in [0.2, 0.25) is 5.02 Å². The average Bonchev–Trinajstić information content (AvgIpc) is 2.69. The van der Waals surface area contributed by atoms with Gasteiger partial charge in [0.25, 0.3) is 0 Å². The lowest BCUT2D eigenvalue weighted by atomic mass is 10.1. The largest absolute Gasteiger partial charge is 0.355 e. The van der Waals surface area contributed by atoms with Gasteiger partial charge in [0, 0.05) is 47.0 Å². The topological polar surface area (TPSA) is 79.8 Å². The van der Waals surface area contributed by atoms with Crippen LogP contribution in [0.25, 0.3) is 22.3 Å². The Balaban J connectivity index is 1.81. The average molecular weight is 408 g/mol. The molecule has 0 saturated carbocycles. The molecular weight excluding hydrogens is 393 g/mol. The second-order valence-corrected chi connectivity index (χ2v) is 6.73. The number of hydrogen-bond donors (Lipinski definition) is 2. The first kappa shape index (κ1) is 18.8. The molecule has 0 radical (unpaired) electrons. The zero-order valence-corrected chi connectivity index (χ0v) is 16.0. The van der Waals surface area contributed by atoms with Crippen LogP contribution in [-0.4, -0.2) is 20.9 Å². The predicted octanol–water partition coefficient (Wildman–Crippen LogP) is 5.19. The van der Waals surface area contributed by atoms with E-state index in [-0.39, 0.29) is 11.5 Å². The summed E-state index contributed by atoms with van der Waals surface area (Å²) in [5.41, 5.74) is 2.51. The van der Waals surface area contributed by atoms with Gasteiger partial charge in [-0.3, -0.25) is 4.79 Å². The van der Waals surface area contributed by atoms with Crippen LogP contribution in [0, 0.1) is 5.82 Å². The van der Waals surface area contributed by atoms with Gasteiger partial charge in [-0.15, -0.1) is 0 Å². The maximum Gasteiger partial charge on any atom is 0.222 e. The van der Waals surface area contributed by atoms with Crippen LogP contribution in [0.3, 0.4) is 0 Å². The van der Waals surface area contributed by atoms with Crippen LogP contribution < -0.4 is 10.6 Å². The Hall–Kier alpha value is -3.58. The summed E-state index contributed by atoms with van der Waals surface area (Å²) < 4.78 is 14.4. The molecule has 0 aliphatic carbocycles. The number of benzene rings is 1. The summed E-state index contributed by atoms with van der Waals surface area (Å²) in [4.78, 5) is 24.2. The molecule has 3 heterocycles. The number of fused-ring (bicyclic) bond motifs is 1. The van der Waals surface area contributed by atoms with Crippen molar-refractivity contribution in [2.75, 3.05) is 10.6 Å². The van der Waals surface area contributed by atoms with Gasteiger partial charge in [-0.25, -0.2) is 19.3 Å². The minimum Gasteiger partial charge on any atom is -0.355 e. The Labute approximate surface area is 170 Å². The quantitative estimate of drug-likeness (QED) is 0.487. The molecular formula is C21H15ClFN5O. The number of nitrogens with zero attached hydrogens (tertiary/aromatic N) is 3. The number of carbonyl (C=O) groups excluding carboxylic acids is 1. The summed E-state index contributed by atoms with van der Waals surface area (Å²) >= 11 is 6.05. The number of anilines is 3. The van der Waals surface area contributed by atoms with Gasteiger partial charge in [-0.05, 0) is 42.5 Å². The molecule has 8 heteroatoms. The third-order valence-corrected chi connectivity index (χ3v) is 4.37. The second-order valence-electron chi connectivity index (χ2n) is 6.29. The number of carbonyl (C=O) groups is 1. The van der Waals surface area contributed by atoms with Gasteiger partial charge in [0.1, 0.15) is 11.6 Å². The molecule has 0 fully saturated rings. The molecule has 29 heavy (non-hydrogen) atoms. The number of hydrogen-bond acceptors (Lipinski definition) is 5. The van der Waals surface area contributed by atoms with Gasteiger partial charge in [-0.2, -0.15) is 0 Å². The van der Waals surface area contributed by atoms with Crippen molar-refractivity contribution in [3.05, 3.63) is 71.8 Å². The van der Waals surface area contributed by atoms with Gasteiger partial charge in [0.15, 0.2) is 5.65 Å². The highest BCUT2D eigenvalue weighted by atomic mass is 35.5. The minimum atomic E-state index is -0.431. The van der Waals surface area contributed by atoms with Crippen molar-refractivity contribution in [2.24, 2.45) is 0 Å². The highest BCUT2D eigenvalue weighted by Gasteiger charge is 2.13. The molecule has 6 nitrogen and oxygen atoms in total. The van der Waals surface area contributed by atoms with E-state index in [0.29, 0.717) is 33.6 Å². The molecule has 0 spiro atoms. The minimum absolute atomic E-state index is 0.216. The van der Waals surface area contributed by atoms with Crippen LogP contribution in [0.5, 0.6) is 0 Å². The summed E-state index contributed by atoms with van der Waals surface area (Å²) in [6, 6.07) is 13.2. The number of aromatic nitrogens is 3. The Bertz CT molecular complexity index is 1230. The fourth-order valence-corrected chi connectivity index (χ4v) is 3.08. The molecule has 0 aliphatic heterocycles. The van der Waals surface area contributed by atoms with Crippen LogP contribution in [-0.2, 0) is 4.79 Å². The van der Waals surface area contributed by atoms with E-state index in [0.717, 1.165) is 5.39 Å². The molecule has 3 aromatic heterocycles. The van der Waals surface area contributed by atoms with Gasteiger partial charge >= 0.3 is 0 Å². The second kappa shape index (κ2) is 7.81. The van der Waals surface area contributed by atoms with Crippen LogP contribution >= 0.6 is 11.6 Å². The third kappa shape index (κ3) is 4.14. The molecule has 0 unspecified atom stereocenters. The lowest BCUT2D eigenvalue weighted by Crippen LogP contribution is -2.07. The van der Waals surface area contributed by atoms with Gasteiger partial charge < -0.3 is 10.6 Å². The van der Waals surface area contributed by atoms with E-state index in [2.05, 4.69) is 25.6 Å². The molecule has 1 amide bonds. The smallest absolute Gasteiger partial charge is 0.222 e. The Kier molecular flexibility index (Phi) is 5.05. The van der Waals surface area contributed by atoms with E-state index in [1.807, 2.05) is 6.07 Å². The van der Waals surface area contributed by atoms with Gasteiger partial charge in [0.05, 0.1) is 11.4 Å². The maximum atomic E-state index is 14.4. The van der Waals surface area contributed by atoms with Crippen LogP contribution in [0.1, 0.15) is 6.92 Å². The highest BCUT2D eigenvalue weighted by Crippen LogP contribution is 2.32. The summed E-state index contributed by atoms with van der Waals surface area (Å²) in [6.45, 7) is 1.41. The first-order valence-corrected chi connectivity index (χ1v) is 9.09. The Morgan fingerprint density at radius 1 is 1.07 bits per heavy atom. The van der Waals surface area contributed by atoms with E-state index in [1.165, 1.54) is 25.1 Å². The predicted molar refractivity (Wildman–Crippen MR) is 112 cm³/mol. The maximum absolute atomic E-state index is 14.4. The lowest BCUT2D eigenvalue weighted by molar-refractivity contribution is -0.114. The summed E-state index contributed by atoms with van der Waals surface area (Å²) in [5.74, 6) is -0.230. The summed E-state index contributed by atoms with van der Waals surface area (Å²) in [5, 5.41) is 7.09. The fraction of sp³-hybridized carbons (Fsp3) is 0.0476. The Morgan fingerprint density at radius 3 is 2.76 bits per heavy atom. The van der Waals surface area contributed by atoms with Crippen molar-refractivity contribution in [1.29, 1.82) is 0 Å². The van der Waals surface area contributed by atoms with Crippen molar-refractivity contribution >= 4 is 45.7 Å². The standard InChI is InChI=1S/C21H15ClFN5O/c1-12(29)26-20-10-14(6-8-24-20)27-18-11-19(16-9-13(22)4-5-17(16)23)28-21-15(18)3-2-7-25-21/h2-11H,1H3,(H2,24,25,26,27,28,29). The number of nitrogens with one attached hydrogen (secondary N) is 2. The third-order valence-electron chi connectivity index (χ3n) is 4.13. The van der Waals surface area contributed by atoms with Crippen molar-refractivity contribution in [3.63, 3.8) is 0 Å². The Morgan fingerprint density at radius 2 is 1.93 bits per heavy atom. The number of rotatable bonds is 4. The van der Waals surface area contributed by atoms with E-state index in [9.17, 15) is 9.18 Å². The number of halogens is 2. The van der Waals surface area contributed by atoms with Crippen molar-refractivity contribution in [1.82, 2.24) is 15.0 Å². The van der Waals surface area contributed by atoms with Gasteiger partial charge in [0.2, 0.25) is 5.91 Å². The summed E-state index contributed by atoms with van der Waals surface area (Å²) in [6.07, 6.45) is 3.20. The molecule has 0 atom stereocenters. The van der Waals surface area contributed by atoms with Crippen molar-refractivity contribution in [3.8, 4) is 11.3 Å². The van der Waals surface area contributed by atoms with E-state index >= 15 is 0 Å². The molecule has 4 aromatic rings. The van der Waals surface area contributed by atoms with E-state index in [4.69, 9.17) is 11.6 Å². The number of amides is 1. The van der Waals surface area contributed by atoms with E-state index < -0.39 is 5.82 Å². The molecule has 0 aliphatic rings. The normalized spacial score (nSPS) is 10.7. The van der Waals surface area contributed by atoms with E-state index in [1.54, 1.807) is 36.7 Å². The van der Waals surface area contributed by atoms with Crippen LogP contribution in [0.15, 0.2) is 60.9 Å². The molecule has 4 rings (SSSR count). The van der Waals surface area contributed by atoms with Gasteiger partial charge in [-0.1, -0.05) is 11.6 Å². The van der Waals surface area contributed by atoms with Crippen LogP contribution in [0.4, 0.5) is 21.6 Å². The molecule has 0 bridgehead atoms. The molecule has 0 saturated heterocycles. The zero-order valence-electron chi connectivity index (χ0n) is 15.3. The number of pyridine rings is 3. The lowest BCUT2D eigenvalue weighted by Gasteiger charge is -2.13. The molecule has 144 valence electrons. The highest BCUT2D eigenvalue weighted by molar-refractivity contribution is 6.30. The zero-order chi connectivity index (χ0) is 20.4. The monoisotopic (exact) mass is 407 g/mol. The van der Waals surface area contributed by atoms with Crippen molar-refractivity contribution in [2.45, 2.75) is 6.92 Å². The van der Waals surface area contributed by atoms with Crippen molar-refractivity contribution < 1.29 is 9.18 Å². The fourth-order valence-electron chi connectivity index (χ4n) is 2.90. The summed E-state index contributed by atoms with van der Waals surface area (Å²) in [7, 11) is 0. The SMILES string of the molecule is CC(=O)Nc1cc(Nc2cc(-c3cc(Cl)ccc3F)nc3ncccc23)ccn1. The molecule has 1 aromatic carbocycles.